The minimum atomic E-state index is -0.370. The molecule has 0 heterocycles. The number of benzene rings is 2. The van der Waals surface area contributed by atoms with E-state index in [1.807, 2.05) is 30.5 Å². The maximum absolute atomic E-state index is 13.4. The second-order valence-electron chi connectivity index (χ2n) is 4.15. The molecule has 2 rings (SSSR count). The van der Waals surface area contributed by atoms with Crippen LogP contribution in [0.4, 0.5) is 10.1 Å². The van der Waals surface area contributed by atoms with Crippen LogP contribution in [0.5, 0.6) is 0 Å². The zero-order valence-electron chi connectivity index (χ0n) is 10.7. The van der Waals surface area contributed by atoms with Gasteiger partial charge in [0.15, 0.2) is 0 Å². The molecule has 0 atom stereocenters. The Morgan fingerprint density at radius 1 is 1.21 bits per heavy atom. The lowest BCUT2D eigenvalue weighted by Gasteiger charge is -2.07. The van der Waals surface area contributed by atoms with Crippen molar-refractivity contribution < 1.29 is 9.18 Å². The lowest BCUT2D eigenvalue weighted by Crippen LogP contribution is -2.12. The Morgan fingerprint density at radius 3 is 2.68 bits per heavy atom. The quantitative estimate of drug-likeness (QED) is 0.854. The molecular formula is C15H14FNOS. The van der Waals surface area contributed by atoms with E-state index < -0.39 is 0 Å². The van der Waals surface area contributed by atoms with Crippen molar-refractivity contribution in [2.45, 2.75) is 11.8 Å². The van der Waals surface area contributed by atoms with Gasteiger partial charge in [-0.1, -0.05) is 12.1 Å². The molecule has 0 bridgehead atoms. The first-order chi connectivity index (χ1) is 9.10. The summed E-state index contributed by atoms with van der Waals surface area (Å²) in [5, 5.41) is 2.76. The summed E-state index contributed by atoms with van der Waals surface area (Å²) in [5.74, 6) is -0.678. The maximum atomic E-state index is 13.4. The molecule has 0 aliphatic rings. The number of nitrogens with one attached hydrogen (secondary N) is 1. The van der Waals surface area contributed by atoms with Crippen molar-refractivity contribution in [3.05, 3.63) is 59.4 Å². The number of thioether (sulfide) groups is 1. The lowest BCUT2D eigenvalue weighted by atomic mass is 10.1. The molecule has 2 aromatic rings. The first-order valence-electron chi connectivity index (χ1n) is 5.81. The van der Waals surface area contributed by atoms with Crippen molar-refractivity contribution in [3.8, 4) is 0 Å². The van der Waals surface area contributed by atoms with E-state index in [-0.39, 0.29) is 11.7 Å². The Morgan fingerprint density at radius 2 is 2.00 bits per heavy atom. The summed E-state index contributed by atoms with van der Waals surface area (Å²) in [5.41, 5.74) is 1.55. The van der Waals surface area contributed by atoms with Crippen LogP contribution in [0, 0.1) is 12.7 Å². The van der Waals surface area contributed by atoms with Gasteiger partial charge in [0, 0.05) is 16.1 Å². The molecule has 1 amide bonds. The Bertz CT molecular complexity index is 613. The predicted octanol–water partition coefficient (Wildman–Crippen LogP) is 4.11. The third-order valence-electron chi connectivity index (χ3n) is 2.76. The standard InChI is InChI=1S/C15H14FNOS/c1-10-6-7-11(8-14(10)16)15(18)17-12-4-3-5-13(9-12)19-2/h3-9H,1-2H3,(H,17,18). The number of rotatable bonds is 3. The van der Waals surface area contributed by atoms with Gasteiger partial charge in [-0.3, -0.25) is 4.79 Å². The second kappa shape index (κ2) is 5.89. The minimum Gasteiger partial charge on any atom is -0.322 e. The molecule has 0 saturated carbocycles. The molecule has 0 unspecified atom stereocenters. The van der Waals surface area contributed by atoms with Gasteiger partial charge in [0.05, 0.1) is 0 Å². The molecular weight excluding hydrogens is 261 g/mol. The molecule has 4 heteroatoms. The number of hydrogen-bond donors (Lipinski definition) is 1. The highest BCUT2D eigenvalue weighted by atomic mass is 32.2. The molecule has 0 radical (unpaired) electrons. The Labute approximate surface area is 116 Å². The number of hydrogen-bond acceptors (Lipinski definition) is 2. The van der Waals surface area contributed by atoms with Crippen LogP contribution in [0.15, 0.2) is 47.4 Å². The lowest BCUT2D eigenvalue weighted by molar-refractivity contribution is 0.102. The fourth-order valence-corrected chi connectivity index (χ4v) is 2.10. The third kappa shape index (κ3) is 3.35. The third-order valence-corrected chi connectivity index (χ3v) is 3.49. The van der Waals surface area contributed by atoms with E-state index in [2.05, 4.69) is 5.32 Å². The largest absolute Gasteiger partial charge is 0.322 e. The molecule has 0 fully saturated rings. The van der Waals surface area contributed by atoms with Crippen LogP contribution in [-0.4, -0.2) is 12.2 Å². The van der Waals surface area contributed by atoms with Crippen LogP contribution >= 0.6 is 11.8 Å². The molecule has 0 aliphatic carbocycles. The van der Waals surface area contributed by atoms with Gasteiger partial charge in [-0.15, -0.1) is 11.8 Å². The van der Waals surface area contributed by atoms with Gasteiger partial charge < -0.3 is 5.32 Å². The molecule has 19 heavy (non-hydrogen) atoms. The first kappa shape index (κ1) is 13.6. The zero-order valence-corrected chi connectivity index (χ0v) is 11.6. The highest BCUT2D eigenvalue weighted by molar-refractivity contribution is 7.98. The topological polar surface area (TPSA) is 29.1 Å². The number of aryl methyl sites for hydroxylation is 1. The average molecular weight is 275 g/mol. The van der Waals surface area contributed by atoms with Gasteiger partial charge in [0.1, 0.15) is 5.82 Å². The summed E-state index contributed by atoms with van der Waals surface area (Å²) in [6, 6.07) is 12.0. The zero-order chi connectivity index (χ0) is 13.8. The monoisotopic (exact) mass is 275 g/mol. The van der Waals surface area contributed by atoms with Crippen LogP contribution in [0.3, 0.4) is 0 Å². The van der Waals surface area contributed by atoms with Crippen molar-refractivity contribution >= 4 is 23.4 Å². The number of amides is 1. The molecule has 0 saturated heterocycles. The van der Waals surface area contributed by atoms with Crippen molar-refractivity contribution in [2.75, 3.05) is 11.6 Å². The predicted molar refractivity (Wildman–Crippen MR) is 77.3 cm³/mol. The van der Waals surface area contributed by atoms with Crippen molar-refractivity contribution in [2.24, 2.45) is 0 Å². The number of anilines is 1. The molecule has 98 valence electrons. The van der Waals surface area contributed by atoms with Gasteiger partial charge in [0.2, 0.25) is 0 Å². The minimum absolute atomic E-state index is 0.308. The van der Waals surface area contributed by atoms with Crippen LogP contribution in [-0.2, 0) is 0 Å². The van der Waals surface area contributed by atoms with E-state index in [1.54, 1.807) is 30.8 Å². The van der Waals surface area contributed by atoms with Gasteiger partial charge in [-0.2, -0.15) is 0 Å². The summed E-state index contributed by atoms with van der Waals surface area (Å²) < 4.78 is 13.4. The van der Waals surface area contributed by atoms with E-state index in [0.717, 1.165) is 4.90 Å². The maximum Gasteiger partial charge on any atom is 0.255 e. The molecule has 0 aliphatic heterocycles. The fraction of sp³-hybridized carbons (Fsp3) is 0.133. The number of halogens is 1. The highest BCUT2D eigenvalue weighted by Gasteiger charge is 2.08. The second-order valence-corrected chi connectivity index (χ2v) is 5.03. The molecule has 1 N–H and O–H groups in total. The van der Waals surface area contributed by atoms with Crippen LogP contribution in [0.25, 0.3) is 0 Å². The van der Waals surface area contributed by atoms with E-state index in [4.69, 9.17) is 0 Å². The molecule has 2 nitrogen and oxygen atoms in total. The smallest absolute Gasteiger partial charge is 0.255 e. The molecule has 2 aromatic carbocycles. The summed E-state index contributed by atoms with van der Waals surface area (Å²) in [6.45, 7) is 1.67. The van der Waals surface area contributed by atoms with Crippen LogP contribution in [0.1, 0.15) is 15.9 Å². The normalized spacial score (nSPS) is 10.3. The fourth-order valence-electron chi connectivity index (χ4n) is 1.64. The molecule has 0 aromatic heterocycles. The van der Waals surface area contributed by atoms with Gasteiger partial charge in [-0.25, -0.2) is 4.39 Å². The van der Waals surface area contributed by atoms with Gasteiger partial charge >= 0.3 is 0 Å². The summed E-state index contributed by atoms with van der Waals surface area (Å²) in [4.78, 5) is 13.1. The van der Waals surface area contributed by atoms with E-state index >= 15 is 0 Å². The SMILES string of the molecule is CSc1cccc(NC(=O)c2ccc(C)c(F)c2)c1. The van der Waals surface area contributed by atoms with Gasteiger partial charge in [0.25, 0.3) is 5.91 Å². The Balaban J connectivity index is 2.18. The van der Waals surface area contributed by atoms with Crippen molar-refractivity contribution in [1.29, 1.82) is 0 Å². The summed E-state index contributed by atoms with van der Waals surface area (Å²) in [7, 11) is 0. The Kier molecular flexibility index (Phi) is 4.22. The summed E-state index contributed by atoms with van der Waals surface area (Å²) in [6.07, 6.45) is 1.97. The van der Waals surface area contributed by atoms with Crippen LogP contribution in [0.2, 0.25) is 0 Å². The highest BCUT2D eigenvalue weighted by Crippen LogP contribution is 2.19. The average Bonchev–Trinajstić information content (AvgIpc) is 2.42. The first-order valence-corrected chi connectivity index (χ1v) is 7.04. The molecule has 0 spiro atoms. The summed E-state index contributed by atoms with van der Waals surface area (Å²) >= 11 is 1.60. The van der Waals surface area contributed by atoms with Crippen LogP contribution < -0.4 is 5.32 Å². The van der Waals surface area contributed by atoms with E-state index in [9.17, 15) is 9.18 Å². The van der Waals surface area contributed by atoms with Crippen molar-refractivity contribution in [3.63, 3.8) is 0 Å². The van der Waals surface area contributed by atoms with E-state index in [0.29, 0.717) is 16.8 Å². The van der Waals surface area contributed by atoms with Gasteiger partial charge in [-0.05, 0) is 49.1 Å². The van der Waals surface area contributed by atoms with E-state index in [1.165, 1.54) is 6.07 Å². The number of carbonyl (C=O) groups excluding carboxylic acids is 1. The Hall–Kier alpha value is -1.81. The van der Waals surface area contributed by atoms with Crippen molar-refractivity contribution in [1.82, 2.24) is 0 Å². The number of carbonyl (C=O) groups is 1.